The summed E-state index contributed by atoms with van der Waals surface area (Å²) in [4.78, 5) is 34.3. The average molecular weight is 338 g/mol. The first kappa shape index (κ1) is 15.1. The first-order valence-corrected chi connectivity index (χ1v) is 7.55. The Morgan fingerprint density at radius 3 is 2.92 bits per heavy atom. The monoisotopic (exact) mass is 338 g/mol. The Bertz CT molecular complexity index is 988. The zero-order chi connectivity index (χ0) is 17.6. The molecular formula is C17H14N4O4. The Labute approximate surface area is 142 Å². The van der Waals surface area contributed by atoms with Gasteiger partial charge in [-0.3, -0.25) is 9.36 Å². The molecule has 0 spiro atoms. The molecule has 0 bridgehead atoms. The van der Waals surface area contributed by atoms with Crippen LogP contribution in [0.2, 0.25) is 0 Å². The van der Waals surface area contributed by atoms with E-state index >= 15 is 0 Å². The van der Waals surface area contributed by atoms with Gasteiger partial charge in [0.25, 0.3) is 5.91 Å². The zero-order valence-electron chi connectivity index (χ0n) is 13.6. The zero-order valence-corrected chi connectivity index (χ0v) is 13.6. The van der Waals surface area contributed by atoms with E-state index in [0.717, 1.165) is 11.4 Å². The normalized spacial score (nSPS) is 13.2. The van der Waals surface area contributed by atoms with Crippen LogP contribution >= 0.6 is 0 Å². The molecule has 25 heavy (non-hydrogen) atoms. The summed E-state index contributed by atoms with van der Waals surface area (Å²) in [6, 6.07) is 7.33. The maximum Gasteiger partial charge on any atom is 0.360 e. The molecule has 0 unspecified atom stereocenters. The number of rotatable bonds is 2. The van der Waals surface area contributed by atoms with E-state index in [1.54, 1.807) is 24.3 Å². The van der Waals surface area contributed by atoms with Crippen LogP contribution in [0.3, 0.4) is 0 Å². The van der Waals surface area contributed by atoms with Crippen LogP contribution in [0.4, 0.5) is 0 Å². The lowest BCUT2D eigenvalue weighted by Gasteiger charge is -2.14. The van der Waals surface area contributed by atoms with Gasteiger partial charge in [-0.1, -0.05) is 12.1 Å². The number of fused-ring (bicyclic) bond motifs is 3. The van der Waals surface area contributed by atoms with E-state index in [0.29, 0.717) is 17.8 Å². The van der Waals surface area contributed by atoms with Crippen LogP contribution in [0.15, 0.2) is 41.3 Å². The largest absolute Gasteiger partial charge is 0.464 e. The lowest BCUT2D eigenvalue weighted by atomic mass is 10.1. The van der Waals surface area contributed by atoms with Crippen molar-refractivity contribution < 1.29 is 18.7 Å². The third kappa shape index (κ3) is 2.30. The molecule has 8 nitrogen and oxygen atoms in total. The number of esters is 1. The quantitative estimate of drug-likeness (QED) is 0.663. The van der Waals surface area contributed by atoms with Gasteiger partial charge in [-0.05, 0) is 12.1 Å². The van der Waals surface area contributed by atoms with E-state index in [2.05, 4.69) is 14.7 Å². The van der Waals surface area contributed by atoms with Crippen molar-refractivity contribution in [2.45, 2.75) is 6.54 Å². The Morgan fingerprint density at radius 1 is 1.32 bits per heavy atom. The van der Waals surface area contributed by atoms with Crippen LogP contribution in [0.25, 0.3) is 17.3 Å². The predicted octanol–water partition coefficient (Wildman–Crippen LogP) is 1.90. The minimum atomic E-state index is -0.585. The summed E-state index contributed by atoms with van der Waals surface area (Å²) < 4.78 is 11.9. The first-order valence-electron chi connectivity index (χ1n) is 7.55. The summed E-state index contributed by atoms with van der Waals surface area (Å²) >= 11 is 0. The summed E-state index contributed by atoms with van der Waals surface area (Å²) in [7, 11) is 3.00. The molecule has 3 aromatic rings. The van der Waals surface area contributed by atoms with E-state index in [4.69, 9.17) is 4.42 Å². The summed E-state index contributed by atoms with van der Waals surface area (Å²) in [6.45, 7) is 0.332. The predicted molar refractivity (Wildman–Crippen MR) is 86.2 cm³/mol. The minimum Gasteiger partial charge on any atom is -0.464 e. The van der Waals surface area contributed by atoms with Crippen molar-refractivity contribution in [3.8, 4) is 17.3 Å². The Hall–Kier alpha value is -3.42. The first-order chi connectivity index (χ1) is 12.1. The Morgan fingerprint density at radius 2 is 2.12 bits per heavy atom. The molecule has 8 heteroatoms. The molecule has 0 saturated heterocycles. The van der Waals surface area contributed by atoms with Crippen molar-refractivity contribution in [2.24, 2.45) is 0 Å². The van der Waals surface area contributed by atoms with Crippen LogP contribution in [-0.4, -0.2) is 45.5 Å². The van der Waals surface area contributed by atoms with Gasteiger partial charge in [-0.2, -0.15) is 0 Å². The number of aromatic nitrogens is 3. The molecule has 0 N–H and O–H groups in total. The SMILES string of the molecule is COC(=O)c1coc(-c2ncn3c2CN(C)C(=O)c2ccccc2-3)n1. The number of nitrogens with zero attached hydrogens (tertiary/aromatic N) is 4. The second-order valence-electron chi connectivity index (χ2n) is 5.62. The molecule has 0 radical (unpaired) electrons. The van der Waals surface area contributed by atoms with E-state index in [1.165, 1.54) is 13.4 Å². The number of ether oxygens (including phenoxy) is 1. The number of carbonyl (C=O) groups is 2. The third-order valence-electron chi connectivity index (χ3n) is 4.10. The van der Waals surface area contributed by atoms with Gasteiger partial charge >= 0.3 is 5.97 Å². The average Bonchev–Trinajstić information content (AvgIpc) is 3.25. The van der Waals surface area contributed by atoms with Crippen LogP contribution in [0.5, 0.6) is 0 Å². The molecule has 1 aliphatic rings. The summed E-state index contributed by atoms with van der Waals surface area (Å²) in [5.74, 6) is -0.458. The number of imidazole rings is 1. The second kappa shape index (κ2) is 5.59. The van der Waals surface area contributed by atoms with E-state index in [-0.39, 0.29) is 17.5 Å². The van der Waals surface area contributed by atoms with E-state index in [1.807, 2.05) is 22.8 Å². The molecule has 0 saturated carbocycles. The summed E-state index contributed by atoms with van der Waals surface area (Å²) in [5.41, 5.74) is 2.63. The highest BCUT2D eigenvalue weighted by Crippen LogP contribution is 2.30. The highest BCUT2D eigenvalue weighted by atomic mass is 16.5. The molecule has 0 aliphatic carbocycles. The van der Waals surface area contributed by atoms with Gasteiger partial charge in [0.2, 0.25) is 5.89 Å². The van der Waals surface area contributed by atoms with Gasteiger partial charge in [-0.25, -0.2) is 14.8 Å². The fourth-order valence-corrected chi connectivity index (χ4v) is 2.86. The van der Waals surface area contributed by atoms with Crippen LogP contribution in [0.1, 0.15) is 26.5 Å². The molecule has 0 fully saturated rings. The molecule has 1 aliphatic heterocycles. The van der Waals surface area contributed by atoms with Crippen molar-refractivity contribution in [1.82, 2.24) is 19.4 Å². The number of para-hydroxylation sites is 1. The maximum atomic E-state index is 12.6. The smallest absolute Gasteiger partial charge is 0.360 e. The number of hydrogen-bond donors (Lipinski definition) is 0. The number of carbonyl (C=O) groups excluding carboxylic acids is 2. The van der Waals surface area contributed by atoms with Gasteiger partial charge in [0.1, 0.15) is 18.3 Å². The van der Waals surface area contributed by atoms with Crippen molar-refractivity contribution in [1.29, 1.82) is 0 Å². The van der Waals surface area contributed by atoms with Gasteiger partial charge in [-0.15, -0.1) is 0 Å². The third-order valence-corrected chi connectivity index (χ3v) is 4.10. The molecule has 1 amide bonds. The molecule has 126 valence electrons. The molecule has 3 heterocycles. The molecule has 0 atom stereocenters. The fraction of sp³-hybridized carbons (Fsp3) is 0.176. The van der Waals surface area contributed by atoms with E-state index < -0.39 is 5.97 Å². The molecular weight excluding hydrogens is 324 g/mol. The van der Waals surface area contributed by atoms with Crippen LogP contribution in [-0.2, 0) is 11.3 Å². The number of amides is 1. The maximum absolute atomic E-state index is 12.6. The van der Waals surface area contributed by atoms with Crippen LogP contribution in [0, 0.1) is 0 Å². The Kier molecular flexibility index (Phi) is 3.38. The van der Waals surface area contributed by atoms with E-state index in [9.17, 15) is 9.59 Å². The lowest BCUT2D eigenvalue weighted by molar-refractivity contribution is 0.0593. The fourth-order valence-electron chi connectivity index (χ4n) is 2.86. The minimum absolute atomic E-state index is 0.0673. The number of oxazole rings is 1. The molecule has 2 aromatic heterocycles. The van der Waals surface area contributed by atoms with Gasteiger partial charge < -0.3 is 14.1 Å². The highest BCUT2D eigenvalue weighted by Gasteiger charge is 2.28. The summed E-state index contributed by atoms with van der Waals surface area (Å²) in [5, 5.41) is 0. The lowest BCUT2D eigenvalue weighted by Crippen LogP contribution is -2.25. The molecule has 1 aromatic carbocycles. The van der Waals surface area contributed by atoms with Crippen molar-refractivity contribution in [3.05, 3.63) is 53.8 Å². The highest BCUT2D eigenvalue weighted by molar-refractivity contribution is 5.98. The topological polar surface area (TPSA) is 90.5 Å². The van der Waals surface area contributed by atoms with Crippen LogP contribution < -0.4 is 0 Å². The second-order valence-corrected chi connectivity index (χ2v) is 5.62. The Balaban J connectivity index is 1.86. The van der Waals surface area contributed by atoms with Gasteiger partial charge in [0.05, 0.1) is 30.6 Å². The van der Waals surface area contributed by atoms with Gasteiger partial charge in [0, 0.05) is 7.05 Å². The van der Waals surface area contributed by atoms with Crippen molar-refractivity contribution >= 4 is 11.9 Å². The number of hydrogen-bond acceptors (Lipinski definition) is 6. The standard InChI is InChI=1S/C17H14N4O4/c1-20-7-13-14(15-19-11(8-25-15)17(23)24-2)18-9-21(13)12-6-4-3-5-10(12)16(20)22/h3-6,8-9H,7H2,1-2H3. The number of benzene rings is 1. The molecule has 4 rings (SSSR count). The number of methoxy groups -OCH3 is 1. The van der Waals surface area contributed by atoms with Gasteiger partial charge in [0.15, 0.2) is 5.69 Å². The van der Waals surface area contributed by atoms with Crippen molar-refractivity contribution in [2.75, 3.05) is 14.2 Å². The van der Waals surface area contributed by atoms with Crippen molar-refractivity contribution in [3.63, 3.8) is 0 Å². The summed E-state index contributed by atoms with van der Waals surface area (Å²) in [6.07, 6.45) is 2.85.